The first-order chi connectivity index (χ1) is 13.6. The summed E-state index contributed by atoms with van der Waals surface area (Å²) < 4.78 is 44.6. The lowest BCUT2D eigenvalue weighted by Crippen LogP contribution is -2.20. The number of aromatic nitrogens is 3. The monoisotopic (exact) mass is 425 g/mol. The number of carbonyl (C=O) groups is 1. The predicted molar refractivity (Wildman–Crippen MR) is 98.3 cm³/mol. The number of aliphatic carboxylic acids is 1. The molecule has 1 atom stereocenters. The van der Waals surface area contributed by atoms with Gasteiger partial charge in [0, 0.05) is 10.6 Å². The first-order valence-corrected chi connectivity index (χ1v) is 8.71. The summed E-state index contributed by atoms with van der Waals surface area (Å²) in [4.78, 5) is 13.0. The Bertz CT molecular complexity index is 1050. The second kappa shape index (κ2) is 7.75. The molecule has 152 valence electrons. The Kier molecular flexibility index (Phi) is 5.52. The third kappa shape index (κ3) is 4.51. The van der Waals surface area contributed by atoms with Crippen molar-refractivity contribution in [2.75, 3.05) is 0 Å². The molecule has 29 heavy (non-hydrogen) atoms. The van der Waals surface area contributed by atoms with Gasteiger partial charge in [0.25, 0.3) is 0 Å². The molecule has 3 rings (SSSR count). The number of carboxylic acids is 1. The normalized spacial score (nSPS) is 12.6. The second-order valence-corrected chi connectivity index (χ2v) is 6.67. The highest BCUT2D eigenvalue weighted by atomic mass is 35.5. The van der Waals surface area contributed by atoms with Gasteiger partial charge < -0.3 is 9.84 Å². The summed E-state index contributed by atoms with van der Waals surface area (Å²) >= 11 is 6.03. The van der Waals surface area contributed by atoms with Crippen LogP contribution in [0.5, 0.6) is 5.75 Å². The number of alkyl halides is 3. The van der Waals surface area contributed by atoms with Crippen LogP contribution in [0.2, 0.25) is 5.02 Å². The van der Waals surface area contributed by atoms with Gasteiger partial charge in [-0.05, 0) is 44.2 Å². The minimum Gasteiger partial charge on any atom is -0.478 e. The van der Waals surface area contributed by atoms with Crippen LogP contribution in [0.15, 0.2) is 42.5 Å². The third-order valence-corrected chi connectivity index (χ3v) is 4.37. The smallest absolute Gasteiger partial charge is 0.416 e. The van der Waals surface area contributed by atoms with Crippen molar-refractivity contribution < 1.29 is 27.8 Å². The number of ether oxygens (including phenoxy) is 1. The van der Waals surface area contributed by atoms with E-state index in [0.717, 1.165) is 18.2 Å². The molecule has 1 N–H and O–H groups in total. The maximum atomic E-state index is 13.0. The average Bonchev–Trinajstić information content (AvgIpc) is 2.98. The summed E-state index contributed by atoms with van der Waals surface area (Å²) in [6.07, 6.45) is -6.30. The van der Waals surface area contributed by atoms with Crippen LogP contribution >= 0.6 is 11.6 Å². The summed E-state index contributed by atoms with van der Waals surface area (Å²) in [7, 11) is 0. The molecule has 0 amide bonds. The largest absolute Gasteiger partial charge is 0.478 e. The standard InChI is InChI=1S/C19H15ClF3N3O3/c1-10-11(2)25-26(24-10)15-9-14(20)6-7-16(15)29-17(18(27)28)12-4-3-5-13(8-12)19(21,22)23/h3-9,17H,1-2H3,(H,27,28). The second-order valence-electron chi connectivity index (χ2n) is 6.23. The lowest BCUT2D eigenvalue weighted by molar-refractivity contribution is -0.146. The molecule has 0 spiro atoms. The van der Waals surface area contributed by atoms with Crippen LogP contribution < -0.4 is 4.74 Å². The summed E-state index contributed by atoms with van der Waals surface area (Å²) in [6.45, 7) is 3.49. The minimum atomic E-state index is -4.61. The number of nitrogens with zero attached hydrogens (tertiary/aromatic N) is 3. The fourth-order valence-corrected chi connectivity index (χ4v) is 2.74. The van der Waals surface area contributed by atoms with E-state index in [9.17, 15) is 23.1 Å². The number of aryl methyl sites for hydroxylation is 2. The van der Waals surface area contributed by atoms with Crippen molar-refractivity contribution in [3.63, 3.8) is 0 Å². The Balaban J connectivity index is 2.04. The molecule has 0 aliphatic heterocycles. The van der Waals surface area contributed by atoms with Crippen molar-refractivity contribution in [1.82, 2.24) is 15.0 Å². The molecule has 2 aromatic carbocycles. The molecule has 0 saturated carbocycles. The highest BCUT2D eigenvalue weighted by Crippen LogP contribution is 2.34. The third-order valence-electron chi connectivity index (χ3n) is 4.14. The Morgan fingerprint density at radius 3 is 2.38 bits per heavy atom. The van der Waals surface area contributed by atoms with Crippen LogP contribution in [0.1, 0.15) is 28.6 Å². The zero-order valence-corrected chi connectivity index (χ0v) is 16.0. The van der Waals surface area contributed by atoms with Gasteiger partial charge in [0.05, 0.1) is 17.0 Å². The van der Waals surface area contributed by atoms with Crippen molar-refractivity contribution in [3.8, 4) is 11.4 Å². The van der Waals surface area contributed by atoms with E-state index in [0.29, 0.717) is 16.4 Å². The maximum Gasteiger partial charge on any atom is 0.416 e. The van der Waals surface area contributed by atoms with Gasteiger partial charge in [-0.2, -0.15) is 23.4 Å². The SMILES string of the molecule is Cc1nn(-c2cc(Cl)ccc2OC(C(=O)O)c2cccc(C(F)(F)F)c2)nc1C. The number of benzene rings is 2. The van der Waals surface area contributed by atoms with Crippen LogP contribution in [-0.4, -0.2) is 26.1 Å². The first-order valence-electron chi connectivity index (χ1n) is 8.33. The van der Waals surface area contributed by atoms with E-state index in [1.54, 1.807) is 13.8 Å². The van der Waals surface area contributed by atoms with E-state index in [2.05, 4.69) is 10.2 Å². The van der Waals surface area contributed by atoms with Crippen molar-refractivity contribution in [2.45, 2.75) is 26.1 Å². The van der Waals surface area contributed by atoms with Gasteiger partial charge in [-0.3, -0.25) is 0 Å². The molecule has 0 bridgehead atoms. The van der Waals surface area contributed by atoms with Gasteiger partial charge >= 0.3 is 12.1 Å². The molecule has 1 aromatic heterocycles. The van der Waals surface area contributed by atoms with E-state index in [4.69, 9.17) is 16.3 Å². The average molecular weight is 426 g/mol. The van der Waals surface area contributed by atoms with Crippen molar-refractivity contribution >= 4 is 17.6 Å². The number of halogens is 4. The van der Waals surface area contributed by atoms with Crippen molar-refractivity contribution in [3.05, 3.63) is 70.0 Å². The van der Waals surface area contributed by atoms with Crippen LogP contribution in [0, 0.1) is 13.8 Å². The van der Waals surface area contributed by atoms with Crippen LogP contribution in [-0.2, 0) is 11.0 Å². The summed E-state index contributed by atoms with van der Waals surface area (Å²) in [5.74, 6) is -1.40. The Hall–Kier alpha value is -3.07. The van der Waals surface area contributed by atoms with Crippen LogP contribution in [0.3, 0.4) is 0 Å². The molecule has 10 heteroatoms. The topological polar surface area (TPSA) is 77.2 Å². The zero-order chi connectivity index (χ0) is 21.3. The van der Waals surface area contributed by atoms with Crippen LogP contribution in [0.4, 0.5) is 13.2 Å². The Morgan fingerprint density at radius 1 is 1.14 bits per heavy atom. The fourth-order valence-electron chi connectivity index (χ4n) is 2.57. The number of hydrogen-bond acceptors (Lipinski definition) is 4. The van der Waals surface area contributed by atoms with Gasteiger partial charge in [0.2, 0.25) is 6.10 Å². The highest BCUT2D eigenvalue weighted by molar-refractivity contribution is 6.30. The molecule has 0 fully saturated rings. The molecular formula is C19H15ClF3N3O3. The molecule has 3 aromatic rings. The molecule has 0 aliphatic carbocycles. The first kappa shape index (κ1) is 20.7. The lowest BCUT2D eigenvalue weighted by Gasteiger charge is -2.19. The van der Waals surface area contributed by atoms with E-state index >= 15 is 0 Å². The van der Waals surface area contributed by atoms with E-state index in [-0.39, 0.29) is 17.0 Å². The van der Waals surface area contributed by atoms with Crippen molar-refractivity contribution in [2.24, 2.45) is 0 Å². The van der Waals surface area contributed by atoms with Gasteiger partial charge in [0.15, 0.2) is 0 Å². The predicted octanol–water partition coefficient (Wildman–Crippen LogP) is 4.76. The number of hydrogen-bond donors (Lipinski definition) is 1. The maximum absolute atomic E-state index is 13.0. The van der Waals surface area contributed by atoms with Gasteiger partial charge in [-0.1, -0.05) is 23.7 Å². The van der Waals surface area contributed by atoms with Gasteiger partial charge in [-0.25, -0.2) is 4.79 Å². The molecule has 0 radical (unpaired) electrons. The van der Waals surface area contributed by atoms with E-state index in [1.165, 1.54) is 29.1 Å². The number of carboxylic acid groups (broad SMARTS) is 1. The van der Waals surface area contributed by atoms with Gasteiger partial charge in [-0.15, -0.1) is 4.80 Å². The number of rotatable bonds is 5. The molecule has 6 nitrogen and oxygen atoms in total. The molecule has 1 unspecified atom stereocenters. The van der Waals surface area contributed by atoms with Crippen LogP contribution in [0.25, 0.3) is 5.69 Å². The molecule has 0 aliphatic rings. The van der Waals surface area contributed by atoms with Gasteiger partial charge in [0.1, 0.15) is 11.4 Å². The summed E-state index contributed by atoms with van der Waals surface area (Å²) in [5.41, 5.74) is 0.411. The Morgan fingerprint density at radius 2 is 1.79 bits per heavy atom. The zero-order valence-electron chi connectivity index (χ0n) is 15.2. The van der Waals surface area contributed by atoms with E-state index in [1.807, 2.05) is 0 Å². The fraction of sp³-hybridized carbons (Fsp3) is 0.211. The molecular weight excluding hydrogens is 411 g/mol. The van der Waals surface area contributed by atoms with E-state index < -0.39 is 23.8 Å². The summed E-state index contributed by atoms with van der Waals surface area (Å²) in [6, 6.07) is 8.33. The molecule has 1 heterocycles. The highest BCUT2D eigenvalue weighted by Gasteiger charge is 2.32. The summed E-state index contributed by atoms with van der Waals surface area (Å²) in [5, 5.41) is 18.3. The van der Waals surface area contributed by atoms with Crippen molar-refractivity contribution in [1.29, 1.82) is 0 Å². The molecule has 0 saturated heterocycles. The minimum absolute atomic E-state index is 0.0502. The Labute approximate surface area is 168 Å². The lowest BCUT2D eigenvalue weighted by atomic mass is 10.1. The quantitative estimate of drug-likeness (QED) is 0.637.